The Morgan fingerprint density at radius 1 is 1.00 bits per heavy atom. The highest BCUT2D eigenvalue weighted by Crippen LogP contribution is 2.33. The first-order chi connectivity index (χ1) is 16.9. The first-order valence-corrected chi connectivity index (χ1v) is 13.6. The van der Waals surface area contributed by atoms with Crippen LogP contribution in [-0.2, 0) is 21.2 Å². The summed E-state index contributed by atoms with van der Waals surface area (Å²) in [4.78, 5) is 19.7. The standard InChI is InChI=1S/C26H26N2O5S2/c1-3-33-21-11-14-23-24(17-21)34-26(27-23)28(18-19-7-5-4-6-8-19)25(29)15-16-35(30,31)22-12-9-20(32-2)10-13-22/h4-14,17H,3,15-16,18H2,1-2H3. The number of rotatable bonds is 10. The molecule has 1 amide bonds. The molecule has 0 aliphatic rings. The molecule has 3 aromatic carbocycles. The zero-order valence-electron chi connectivity index (χ0n) is 19.5. The molecule has 0 spiro atoms. The van der Waals surface area contributed by atoms with E-state index in [1.807, 2.05) is 55.5 Å². The summed E-state index contributed by atoms with van der Waals surface area (Å²) in [6.07, 6.45) is -0.165. The van der Waals surface area contributed by atoms with Gasteiger partial charge in [-0.1, -0.05) is 41.7 Å². The van der Waals surface area contributed by atoms with Crippen molar-refractivity contribution in [1.29, 1.82) is 0 Å². The van der Waals surface area contributed by atoms with Crippen molar-refractivity contribution in [2.75, 3.05) is 24.4 Å². The Balaban J connectivity index is 1.58. The Labute approximate surface area is 208 Å². The normalized spacial score (nSPS) is 11.4. The molecule has 1 aromatic heterocycles. The van der Waals surface area contributed by atoms with E-state index in [-0.39, 0.29) is 23.0 Å². The van der Waals surface area contributed by atoms with E-state index >= 15 is 0 Å². The number of hydrogen-bond acceptors (Lipinski definition) is 7. The van der Waals surface area contributed by atoms with Gasteiger partial charge in [0.1, 0.15) is 11.5 Å². The van der Waals surface area contributed by atoms with Gasteiger partial charge >= 0.3 is 0 Å². The summed E-state index contributed by atoms with van der Waals surface area (Å²) in [6.45, 7) is 2.77. The van der Waals surface area contributed by atoms with Crippen molar-refractivity contribution < 1.29 is 22.7 Å². The van der Waals surface area contributed by atoms with E-state index in [9.17, 15) is 13.2 Å². The van der Waals surface area contributed by atoms with Crippen LogP contribution < -0.4 is 14.4 Å². The molecule has 0 aliphatic heterocycles. The van der Waals surface area contributed by atoms with Gasteiger partial charge in [0.05, 0.1) is 41.1 Å². The highest BCUT2D eigenvalue weighted by atomic mass is 32.2. The average Bonchev–Trinajstić information content (AvgIpc) is 3.30. The third-order valence-corrected chi connectivity index (χ3v) is 8.15. The minimum Gasteiger partial charge on any atom is -0.497 e. The lowest BCUT2D eigenvalue weighted by molar-refractivity contribution is -0.118. The van der Waals surface area contributed by atoms with Crippen LogP contribution in [-0.4, -0.2) is 38.8 Å². The molecule has 4 rings (SSSR count). The Bertz CT molecular complexity index is 1400. The first kappa shape index (κ1) is 24.7. The Hall–Kier alpha value is -3.43. The highest BCUT2D eigenvalue weighted by Gasteiger charge is 2.24. The number of carbonyl (C=O) groups excluding carboxylic acids is 1. The molecule has 1 heterocycles. The van der Waals surface area contributed by atoms with Gasteiger partial charge in [0, 0.05) is 6.42 Å². The minimum atomic E-state index is -3.64. The predicted octanol–water partition coefficient (Wildman–Crippen LogP) is 5.10. The minimum absolute atomic E-state index is 0.157. The number of aromatic nitrogens is 1. The van der Waals surface area contributed by atoms with Gasteiger partial charge in [-0.3, -0.25) is 9.69 Å². The molecule has 0 saturated heterocycles. The lowest BCUT2D eigenvalue weighted by Gasteiger charge is -2.20. The van der Waals surface area contributed by atoms with Gasteiger partial charge in [-0.2, -0.15) is 0 Å². The Kier molecular flexibility index (Phi) is 7.67. The van der Waals surface area contributed by atoms with Crippen LogP contribution >= 0.6 is 11.3 Å². The van der Waals surface area contributed by atoms with Crippen molar-refractivity contribution in [2.24, 2.45) is 0 Å². The second kappa shape index (κ2) is 10.9. The van der Waals surface area contributed by atoms with Gasteiger partial charge in [0.25, 0.3) is 0 Å². The predicted molar refractivity (Wildman–Crippen MR) is 138 cm³/mol. The van der Waals surface area contributed by atoms with Crippen LogP contribution in [0.2, 0.25) is 0 Å². The van der Waals surface area contributed by atoms with Gasteiger partial charge < -0.3 is 9.47 Å². The third kappa shape index (κ3) is 5.98. The fraction of sp³-hybridized carbons (Fsp3) is 0.231. The molecule has 0 unspecified atom stereocenters. The van der Waals surface area contributed by atoms with E-state index in [4.69, 9.17) is 9.47 Å². The zero-order chi connectivity index (χ0) is 24.8. The first-order valence-electron chi connectivity index (χ1n) is 11.1. The maximum Gasteiger partial charge on any atom is 0.230 e. The number of thiazole rings is 1. The Morgan fingerprint density at radius 2 is 1.71 bits per heavy atom. The van der Waals surface area contributed by atoms with E-state index in [2.05, 4.69) is 4.98 Å². The van der Waals surface area contributed by atoms with Crippen LogP contribution in [0.3, 0.4) is 0 Å². The summed E-state index contributed by atoms with van der Waals surface area (Å²) >= 11 is 1.38. The van der Waals surface area contributed by atoms with Crippen molar-refractivity contribution in [3.05, 3.63) is 78.4 Å². The van der Waals surface area contributed by atoms with E-state index in [1.54, 1.807) is 17.0 Å². The van der Waals surface area contributed by atoms with Crippen molar-refractivity contribution in [3.63, 3.8) is 0 Å². The summed E-state index contributed by atoms with van der Waals surface area (Å²) in [5, 5.41) is 0.518. The molecule has 0 aliphatic carbocycles. The molecule has 7 nitrogen and oxygen atoms in total. The fourth-order valence-corrected chi connectivity index (χ4v) is 5.79. The van der Waals surface area contributed by atoms with Crippen LogP contribution in [0, 0.1) is 0 Å². The van der Waals surface area contributed by atoms with E-state index in [1.165, 1.54) is 30.6 Å². The lowest BCUT2D eigenvalue weighted by Crippen LogP contribution is -2.31. The number of methoxy groups -OCH3 is 1. The molecule has 0 atom stereocenters. The number of carbonyl (C=O) groups is 1. The molecule has 0 bridgehead atoms. The van der Waals surface area contributed by atoms with Gasteiger partial charge in [-0.05, 0) is 55.0 Å². The number of amides is 1. The van der Waals surface area contributed by atoms with E-state index < -0.39 is 9.84 Å². The third-order valence-electron chi connectivity index (χ3n) is 5.38. The van der Waals surface area contributed by atoms with Crippen LogP contribution in [0.25, 0.3) is 10.2 Å². The maximum atomic E-state index is 13.4. The summed E-state index contributed by atoms with van der Waals surface area (Å²) in [5.74, 6) is 0.692. The molecule has 4 aromatic rings. The molecular formula is C26H26N2O5S2. The largest absolute Gasteiger partial charge is 0.497 e. The fourth-order valence-electron chi connectivity index (χ4n) is 3.55. The smallest absolute Gasteiger partial charge is 0.230 e. The molecule has 182 valence electrons. The number of ether oxygens (including phenoxy) is 2. The highest BCUT2D eigenvalue weighted by molar-refractivity contribution is 7.91. The number of anilines is 1. The molecule has 0 N–H and O–H groups in total. The van der Waals surface area contributed by atoms with E-state index in [0.29, 0.717) is 24.0 Å². The second-order valence-corrected chi connectivity index (χ2v) is 10.9. The number of sulfone groups is 1. The number of nitrogens with zero attached hydrogens (tertiary/aromatic N) is 2. The molecule has 0 saturated carbocycles. The topological polar surface area (TPSA) is 85.8 Å². The monoisotopic (exact) mass is 510 g/mol. The van der Waals surface area contributed by atoms with E-state index in [0.717, 1.165) is 21.5 Å². The summed E-state index contributed by atoms with van der Waals surface area (Å²) in [6, 6.07) is 21.3. The quantitative estimate of drug-likeness (QED) is 0.295. The van der Waals surface area contributed by atoms with Gasteiger partial charge in [0.15, 0.2) is 15.0 Å². The summed E-state index contributed by atoms with van der Waals surface area (Å²) < 4.78 is 37.3. The van der Waals surface area contributed by atoms with Crippen molar-refractivity contribution in [3.8, 4) is 11.5 Å². The molecular weight excluding hydrogens is 484 g/mol. The SMILES string of the molecule is CCOc1ccc2nc(N(Cc3ccccc3)C(=O)CCS(=O)(=O)c3ccc(OC)cc3)sc2c1. The van der Waals surface area contributed by atoms with Crippen molar-refractivity contribution >= 4 is 42.4 Å². The van der Waals surface area contributed by atoms with Crippen LogP contribution in [0.5, 0.6) is 11.5 Å². The average molecular weight is 511 g/mol. The van der Waals surface area contributed by atoms with Crippen molar-refractivity contribution in [1.82, 2.24) is 4.98 Å². The number of hydrogen-bond donors (Lipinski definition) is 0. The van der Waals surface area contributed by atoms with Crippen molar-refractivity contribution in [2.45, 2.75) is 24.8 Å². The van der Waals surface area contributed by atoms with Crippen LogP contribution in [0.15, 0.2) is 77.7 Å². The Morgan fingerprint density at radius 3 is 2.40 bits per heavy atom. The van der Waals surface area contributed by atoms with Gasteiger partial charge in [-0.15, -0.1) is 0 Å². The van der Waals surface area contributed by atoms with Crippen LogP contribution in [0.1, 0.15) is 18.9 Å². The van der Waals surface area contributed by atoms with Gasteiger partial charge in [-0.25, -0.2) is 13.4 Å². The molecule has 0 radical (unpaired) electrons. The number of benzene rings is 3. The molecule has 0 fully saturated rings. The summed E-state index contributed by atoms with van der Waals surface area (Å²) in [5.41, 5.74) is 1.68. The zero-order valence-corrected chi connectivity index (χ0v) is 21.1. The number of fused-ring (bicyclic) bond motifs is 1. The maximum absolute atomic E-state index is 13.4. The van der Waals surface area contributed by atoms with Gasteiger partial charge in [0.2, 0.25) is 5.91 Å². The summed E-state index contributed by atoms with van der Waals surface area (Å²) in [7, 11) is -2.13. The molecule has 9 heteroatoms. The molecule has 35 heavy (non-hydrogen) atoms. The van der Waals surface area contributed by atoms with Crippen LogP contribution in [0.4, 0.5) is 5.13 Å². The lowest BCUT2D eigenvalue weighted by atomic mass is 10.2. The second-order valence-electron chi connectivity index (χ2n) is 7.77.